The van der Waals surface area contributed by atoms with Gasteiger partial charge in [-0.25, -0.2) is 0 Å². The van der Waals surface area contributed by atoms with Crippen LogP contribution < -0.4 is 10.6 Å². The second-order valence-electron chi connectivity index (χ2n) is 6.51. The van der Waals surface area contributed by atoms with Crippen molar-refractivity contribution in [2.24, 2.45) is 5.92 Å². The zero-order valence-corrected chi connectivity index (χ0v) is 17.3. The summed E-state index contributed by atoms with van der Waals surface area (Å²) in [5, 5.41) is 5.68. The molecule has 27 heavy (non-hydrogen) atoms. The van der Waals surface area contributed by atoms with Crippen LogP contribution in [0.15, 0.2) is 40.9 Å². The topological polar surface area (TPSA) is 41.1 Å². The van der Waals surface area contributed by atoms with E-state index in [1.54, 1.807) is 6.07 Å². The first-order valence-electron chi connectivity index (χ1n) is 8.19. The Labute approximate surface area is 169 Å². The van der Waals surface area contributed by atoms with Gasteiger partial charge in [0, 0.05) is 10.2 Å². The SMILES string of the molecule is Cc1cc(NC(=O)[C@@H](Nc2ccc(C(F)(F)F)cc2Cl)C(C)C)ccc1Br. The minimum Gasteiger partial charge on any atom is -0.372 e. The molecule has 0 unspecified atom stereocenters. The lowest BCUT2D eigenvalue weighted by Crippen LogP contribution is -2.39. The number of alkyl halides is 3. The molecule has 0 spiro atoms. The summed E-state index contributed by atoms with van der Waals surface area (Å²) < 4.78 is 39.3. The number of anilines is 2. The molecule has 2 aromatic rings. The molecule has 1 amide bonds. The molecular weight excluding hydrogens is 445 g/mol. The van der Waals surface area contributed by atoms with Crippen molar-refractivity contribution in [1.29, 1.82) is 0 Å². The van der Waals surface area contributed by atoms with Crippen molar-refractivity contribution in [3.8, 4) is 0 Å². The molecule has 0 saturated carbocycles. The van der Waals surface area contributed by atoms with Crippen LogP contribution >= 0.6 is 27.5 Å². The second-order valence-corrected chi connectivity index (χ2v) is 7.77. The number of aryl methyl sites for hydroxylation is 1. The first-order chi connectivity index (χ1) is 12.5. The van der Waals surface area contributed by atoms with Crippen LogP contribution in [0.4, 0.5) is 24.5 Å². The lowest BCUT2D eigenvalue weighted by atomic mass is 10.0. The minimum atomic E-state index is -4.48. The number of rotatable bonds is 5. The monoisotopic (exact) mass is 462 g/mol. The van der Waals surface area contributed by atoms with E-state index < -0.39 is 17.8 Å². The van der Waals surface area contributed by atoms with Gasteiger partial charge in [-0.15, -0.1) is 0 Å². The Kier molecular flexibility index (Phi) is 6.81. The third kappa shape index (κ3) is 5.62. The maximum absolute atomic E-state index is 12.8. The minimum absolute atomic E-state index is 0.0947. The lowest BCUT2D eigenvalue weighted by Gasteiger charge is -2.24. The highest BCUT2D eigenvalue weighted by atomic mass is 79.9. The fourth-order valence-corrected chi connectivity index (χ4v) is 2.94. The summed E-state index contributed by atoms with van der Waals surface area (Å²) in [7, 11) is 0. The molecule has 0 fully saturated rings. The fourth-order valence-electron chi connectivity index (χ4n) is 2.45. The van der Waals surface area contributed by atoms with Crippen LogP contribution in [0, 0.1) is 12.8 Å². The van der Waals surface area contributed by atoms with Crippen molar-refractivity contribution in [3.05, 3.63) is 57.0 Å². The molecule has 0 bridgehead atoms. The summed E-state index contributed by atoms with van der Waals surface area (Å²) in [5.41, 5.74) is 1.03. The summed E-state index contributed by atoms with van der Waals surface area (Å²) in [6, 6.07) is 7.75. The average molecular weight is 464 g/mol. The van der Waals surface area contributed by atoms with E-state index in [0.29, 0.717) is 5.69 Å². The molecule has 8 heteroatoms. The number of benzene rings is 2. The quantitative estimate of drug-likeness (QED) is 0.531. The number of nitrogens with one attached hydrogen (secondary N) is 2. The van der Waals surface area contributed by atoms with Crippen LogP contribution in [0.25, 0.3) is 0 Å². The van der Waals surface area contributed by atoms with Crippen molar-refractivity contribution >= 4 is 44.8 Å². The van der Waals surface area contributed by atoms with Gasteiger partial charge in [0.1, 0.15) is 6.04 Å². The Morgan fingerprint density at radius 1 is 1.15 bits per heavy atom. The molecule has 0 aliphatic carbocycles. The molecular formula is C19H19BrClF3N2O. The third-order valence-corrected chi connectivity index (χ3v) is 5.18. The van der Waals surface area contributed by atoms with Crippen molar-refractivity contribution in [1.82, 2.24) is 0 Å². The van der Waals surface area contributed by atoms with Gasteiger partial charge in [0.05, 0.1) is 16.3 Å². The van der Waals surface area contributed by atoms with Crippen LogP contribution in [-0.2, 0) is 11.0 Å². The Hall–Kier alpha value is -1.73. The molecule has 146 valence electrons. The van der Waals surface area contributed by atoms with E-state index in [1.807, 2.05) is 32.9 Å². The second kappa shape index (κ2) is 8.52. The largest absolute Gasteiger partial charge is 0.416 e. The predicted molar refractivity (Wildman–Crippen MR) is 106 cm³/mol. The highest BCUT2D eigenvalue weighted by Crippen LogP contribution is 2.34. The van der Waals surface area contributed by atoms with Gasteiger partial charge in [-0.1, -0.05) is 41.4 Å². The van der Waals surface area contributed by atoms with E-state index >= 15 is 0 Å². The van der Waals surface area contributed by atoms with E-state index in [4.69, 9.17) is 11.6 Å². The van der Waals surface area contributed by atoms with Crippen LogP contribution in [-0.4, -0.2) is 11.9 Å². The Bertz CT molecular complexity index is 840. The van der Waals surface area contributed by atoms with Crippen LogP contribution in [0.2, 0.25) is 5.02 Å². The van der Waals surface area contributed by atoms with Crippen LogP contribution in [0.5, 0.6) is 0 Å². The van der Waals surface area contributed by atoms with Gasteiger partial charge in [-0.05, 0) is 54.8 Å². The van der Waals surface area contributed by atoms with Gasteiger partial charge in [0.2, 0.25) is 5.91 Å². The maximum Gasteiger partial charge on any atom is 0.416 e. The predicted octanol–water partition coefficient (Wildman–Crippen LogP) is 6.50. The fraction of sp³-hybridized carbons (Fsp3) is 0.316. The Morgan fingerprint density at radius 2 is 1.81 bits per heavy atom. The zero-order valence-electron chi connectivity index (χ0n) is 14.9. The number of hydrogen-bond acceptors (Lipinski definition) is 2. The molecule has 2 aromatic carbocycles. The first kappa shape index (κ1) is 21.6. The summed E-state index contributed by atoms with van der Waals surface area (Å²) in [4.78, 5) is 12.7. The molecule has 0 saturated heterocycles. The average Bonchev–Trinajstić information content (AvgIpc) is 2.55. The first-order valence-corrected chi connectivity index (χ1v) is 9.36. The van der Waals surface area contributed by atoms with Gasteiger partial charge in [-0.3, -0.25) is 4.79 Å². The molecule has 0 radical (unpaired) electrons. The normalized spacial score (nSPS) is 12.8. The molecule has 3 nitrogen and oxygen atoms in total. The van der Waals surface area contributed by atoms with E-state index in [1.165, 1.54) is 6.07 Å². The zero-order chi connectivity index (χ0) is 20.4. The number of hydrogen-bond donors (Lipinski definition) is 2. The van der Waals surface area contributed by atoms with Crippen molar-refractivity contribution in [2.45, 2.75) is 33.0 Å². The van der Waals surface area contributed by atoms with E-state index in [9.17, 15) is 18.0 Å². The van der Waals surface area contributed by atoms with E-state index in [0.717, 1.165) is 22.2 Å². The molecule has 0 aromatic heterocycles. The highest BCUT2D eigenvalue weighted by molar-refractivity contribution is 9.10. The summed E-state index contributed by atoms with van der Waals surface area (Å²) >= 11 is 9.39. The van der Waals surface area contributed by atoms with Crippen molar-refractivity contribution in [2.75, 3.05) is 10.6 Å². The van der Waals surface area contributed by atoms with Gasteiger partial charge in [0.25, 0.3) is 0 Å². The highest BCUT2D eigenvalue weighted by Gasteiger charge is 2.31. The third-order valence-electron chi connectivity index (χ3n) is 3.98. The van der Waals surface area contributed by atoms with Gasteiger partial charge in [0.15, 0.2) is 0 Å². The maximum atomic E-state index is 12.8. The summed E-state index contributed by atoms with van der Waals surface area (Å²) in [6.07, 6.45) is -4.48. The molecule has 2 N–H and O–H groups in total. The number of carbonyl (C=O) groups is 1. The molecule has 0 heterocycles. The number of carbonyl (C=O) groups excluding carboxylic acids is 1. The number of amides is 1. The summed E-state index contributed by atoms with van der Waals surface area (Å²) in [5.74, 6) is -0.428. The van der Waals surface area contributed by atoms with Crippen LogP contribution in [0.3, 0.4) is 0 Å². The number of halogens is 5. The molecule has 1 atom stereocenters. The lowest BCUT2D eigenvalue weighted by molar-refractivity contribution is -0.137. The van der Waals surface area contributed by atoms with Crippen molar-refractivity contribution in [3.63, 3.8) is 0 Å². The van der Waals surface area contributed by atoms with Crippen LogP contribution in [0.1, 0.15) is 25.0 Å². The van der Waals surface area contributed by atoms with E-state index in [-0.39, 0.29) is 22.5 Å². The van der Waals surface area contributed by atoms with Gasteiger partial charge >= 0.3 is 6.18 Å². The Morgan fingerprint density at radius 3 is 2.33 bits per heavy atom. The molecule has 2 rings (SSSR count). The van der Waals surface area contributed by atoms with Gasteiger partial charge < -0.3 is 10.6 Å². The molecule has 0 aliphatic heterocycles. The standard InChI is InChI=1S/C19H19BrClF3N2O/c1-10(2)17(18(27)25-13-5-6-14(20)11(3)8-13)26-16-7-4-12(9-15(16)21)19(22,23)24/h4-10,17,26H,1-3H3,(H,25,27)/t17-/m0/s1. The smallest absolute Gasteiger partial charge is 0.372 e. The van der Waals surface area contributed by atoms with Crippen molar-refractivity contribution < 1.29 is 18.0 Å². The molecule has 0 aliphatic rings. The Balaban J connectivity index is 2.20. The van der Waals surface area contributed by atoms with E-state index in [2.05, 4.69) is 26.6 Å². The summed E-state index contributed by atoms with van der Waals surface area (Å²) in [6.45, 7) is 5.57. The van der Waals surface area contributed by atoms with Gasteiger partial charge in [-0.2, -0.15) is 13.2 Å².